The van der Waals surface area contributed by atoms with Gasteiger partial charge in [0.15, 0.2) is 5.76 Å². The number of hydroxylamine groups is 4. The molecule has 2 fully saturated rings. The van der Waals surface area contributed by atoms with Gasteiger partial charge in [-0.1, -0.05) is 57.7 Å². The zero-order valence-corrected chi connectivity index (χ0v) is 30.6. The highest BCUT2D eigenvalue weighted by Crippen LogP contribution is 2.45. The van der Waals surface area contributed by atoms with Gasteiger partial charge >= 0.3 is 6.18 Å². The number of benzene rings is 1. The van der Waals surface area contributed by atoms with E-state index >= 15 is 0 Å². The number of carbonyl (C=O) groups excluding carboxylic acids is 5. The standard InChI is InChI=1S/C21H27N3O5.C15H20F3N5O3/c1-20(2)7-9-21(10-8-20,12-24(28)14-25)19(27)23-13-22-18(26)17-11-15-5-3-4-6-16(15)29-17;16-15(17,18)11-7-8-19-14(20-11)22-21-13(25)12(23(26)9-24)10-5-3-1-2-4-6-10/h3-6,11,14,28H,7-10,12-13H2,1-2H3,(H,22,26)(H,23,27);7-10,12,26H,1-6H2,(H,21,25)(H,19,20,22). The van der Waals surface area contributed by atoms with Crippen LogP contribution in [-0.2, 0) is 25.4 Å². The third-order valence-electron chi connectivity index (χ3n) is 10.0. The fourth-order valence-corrected chi connectivity index (χ4v) is 6.79. The summed E-state index contributed by atoms with van der Waals surface area (Å²) in [5.41, 5.74) is 3.04. The Morgan fingerprint density at radius 2 is 1.65 bits per heavy atom. The Balaban J connectivity index is 0.000000246. The predicted octanol–water partition coefficient (Wildman–Crippen LogP) is 4.80. The Morgan fingerprint density at radius 3 is 2.27 bits per heavy atom. The number of alkyl halides is 3. The molecule has 5 amide bonds. The van der Waals surface area contributed by atoms with Crippen LogP contribution in [0.4, 0.5) is 19.1 Å². The molecule has 1 atom stereocenters. The van der Waals surface area contributed by atoms with Crippen molar-refractivity contribution in [1.29, 1.82) is 0 Å². The molecule has 5 rings (SSSR count). The molecule has 1 unspecified atom stereocenters. The minimum absolute atomic E-state index is 0.0735. The lowest BCUT2D eigenvalue weighted by Crippen LogP contribution is -2.52. The van der Waals surface area contributed by atoms with Crippen molar-refractivity contribution < 1.29 is 52.0 Å². The van der Waals surface area contributed by atoms with Gasteiger partial charge in [0, 0.05) is 11.6 Å². The van der Waals surface area contributed by atoms with Crippen LogP contribution in [0.25, 0.3) is 11.0 Å². The molecule has 2 aromatic heterocycles. The second-order valence-electron chi connectivity index (χ2n) is 14.5. The summed E-state index contributed by atoms with van der Waals surface area (Å²) >= 11 is 0. The van der Waals surface area contributed by atoms with Gasteiger partial charge in [-0.15, -0.1) is 0 Å². The first kappa shape index (κ1) is 42.4. The van der Waals surface area contributed by atoms with Gasteiger partial charge in [-0.05, 0) is 68.1 Å². The molecule has 2 aliphatic rings. The molecule has 6 N–H and O–H groups in total. The first-order valence-electron chi connectivity index (χ1n) is 17.9. The molecule has 0 radical (unpaired) electrons. The molecule has 300 valence electrons. The molecule has 2 aliphatic carbocycles. The number of hydrazine groups is 1. The van der Waals surface area contributed by atoms with Crippen LogP contribution < -0.4 is 21.5 Å². The van der Waals surface area contributed by atoms with E-state index in [1.807, 2.05) is 18.2 Å². The van der Waals surface area contributed by atoms with Crippen LogP contribution in [0.15, 0.2) is 47.0 Å². The average Bonchev–Trinajstić information content (AvgIpc) is 3.43. The summed E-state index contributed by atoms with van der Waals surface area (Å²) in [5.74, 6) is -2.03. The van der Waals surface area contributed by atoms with Gasteiger partial charge in [-0.25, -0.2) is 20.1 Å². The van der Waals surface area contributed by atoms with Gasteiger partial charge in [-0.3, -0.25) is 45.2 Å². The van der Waals surface area contributed by atoms with Crippen LogP contribution in [0.2, 0.25) is 0 Å². The van der Waals surface area contributed by atoms with Gasteiger partial charge in [0.1, 0.15) is 17.3 Å². The van der Waals surface area contributed by atoms with Crippen molar-refractivity contribution in [2.75, 3.05) is 18.6 Å². The van der Waals surface area contributed by atoms with Crippen LogP contribution in [0.5, 0.6) is 0 Å². The summed E-state index contributed by atoms with van der Waals surface area (Å²) in [6.07, 6.45) is 4.46. The van der Waals surface area contributed by atoms with Crippen molar-refractivity contribution >= 4 is 47.5 Å². The Morgan fingerprint density at radius 1 is 0.982 bits per heavy atom. The van der Waals surface area contributed by atoms with Crippen molar-refractivity contribution in [2.45, 2.75) is 90.3 Å². The fraction of sp³-hybridized carbons (Fsp3) is 0.528. The van der Waals surface area contributed by atoms with Gasteiger partial charge in [0.05, 0.1) is 18.6 Å². The van der Waals surface area contributed by atoms with Crippen molar-refractivity contribution in [3.8, 4) is 0 Å². The molecule has 19 heteroatoms. The normalized spacial score (nSPS) is 17.3. The van der Waals surface area contributed by atoms with Gasteiger partial charge < -0.3 is 15.1 Å². The van der Waals surface area contributed by atoms with Crippen molar-refractivity contribution in [2.24, 2.45) is 16.7 Å². The van der Waals surface area contributed by atoms with Crippen LogP contribution in [0.1, 0.15) is 94.3 Å². The Bertz CT molecular complexity index is 1740. The molecule has 0 aliphatic heterocycles. The molecule has 2 saturated carbocycles. The van der Waals surface area contributed by atoms with E-state index in [0.29, 0.717) is 53.9 Å². The fourth-order valence-electron chi connectivity index (χ4n) is 6.79. The second kappa shape index (κ2) is 18.8. The van der Waals surface area contributed by atoms with Crippen LogP contribution in [0, 0.1) is 16.7 Å². The third kappa shape index (κ3) is 11.8. The zero-order chi connectivity index (χ0) is 40.2. The van der Waals surface area contributed by atoms with E-state index in [-0.39, 0.29) is 42.6 Å². The molecule has 0 saturated heterocycles. The number of rotatable bonds is 13. The van der Waals surface area contributed by atoms with E-state index in [2.05, 4.69) is 45.3 Å². The van der Waals surface area contributed by atoms with E-state index in [4.69, 9.17) is 4.42 Å². The van der Waals surface area contributed by atoms with Crippen molar-refractivity contribution in [3.63, 3.8) is 0 Å². The Labute approximate surface area is 315 Å². The van der Waals surface area contributed by atoms with Crippen LogP contribution in [0.3, 0.4) is 0 Å². The smallest absolute Gasteiger partial charge is 0.433 e. The Hall–Kier alpha value is -5.30. The first-order chi connectivity index (χ1) is 26.1. The molecule has 2 heterocycles. The molecule has 16 nitrogen and oxygen atoms in total. The van der Waals surface area contributed by atoms with Gasteiger partial charge in [0.25, 0.3) is 11.8 Å². The highest BCUT2D eigenvalue weighted by atomic mass is 19.4. The molecular formula is C36H47F3N8O8. The molecular weight excluding hydrogens is 729 g/mol. The monoisotopic (exact) mass is 776 g/mol. The van der Waals surface area contributed by atoms with E-state index in [1.54, 1.807) is 12.1 Å². The van der Waals surface area contributed by atoms with Crippen LogP contribution >= 0.6 is 0 Å². The number of nitrogens with one attached hydrogen (secondary N) is 4. The van der Waals surface area contributed by atoms with E-state index < -0.39 is 41.1 Å². The number of nitrogens with zero attached hydrogens (tertiary/aromatic N) is 4. The van der Waals surface area contributed by atoms with E-state index in [9.17, 15) is 47.6 Å². The number of para-hydroxylation sites is 1. The number of furan rings is 1. The minimum Gasteiger partial charge on any atom is -0.451 e. The highest BCUT2D eigenvalue weighted by molar-refractivity contribution is 5.96. The summed E-state index contributed by atoms with van der Waals surface area (Å²) < 4.78 is 43.4. The quantitative estimate of drug-likeness (QED) is 0.0456. The number of aromatic nitrogens is 2. The lowest BCUT2D eigenvalue weighted by molar-refractivity contribution is -0.172. The van der Waals surface area contributed by atoms with E-state index in [1.165, 1.54) is 0 Å². The minimum atomic E-state index is -4.65. The lowest BCUT2D eigenvalue weighted by Gasteiger charge is -2.43. The average molecular weight is 777 g/mol. The maximum atomic E-state index is 12.9. The summed E-state index contributed by atoms with van der Waals surface area (Å²) in [7, 11) is 0. The largest absolute Gasteiger partial charge is 0.451 e. The molecule has 3 aromatic rings. The number of hydrogen-bond donors (Lipinski definition) is 6. The van der Waals surface area contributed by atoms with Gasteiger partial charge in [-0.2, -0.15) is 13.2 Å². The van der Waals surface area contributed by atoms with Crippen molar-refractivity contribution in [1.82, 2.24) is 36.2 Å². The molecule has 0 spiro atoms. The van der Waals surface area contributed by atoms with E-state index in [0.717, 1.165) is 50.1 Å². The highest BCUT2D eigenvalue weighted by Gasteiger charge is 2.45. The predicted molar refractivity (Wildman–Crippen MR) is 189 cm³/mol. The van der Waals surface area contributed by atoms with Crippen LogP contribution in [-0.4, -0.2) is 80.3 Å². The number of halogens is 3. The summed E-state index contributed by atoms with van der Waals surface area (Å²) in [5, 5.41) is 26.4. The number of anilines is 1. The zero-order valence-electron chi connectivity index (χ0n) is 30.6. The SMILES string of the molecule is CC1(C)CCC(CN(O)C=O)(C(=O)NCNC(=O)c2cc3ccccc3o2)CC1.O=CN(O)C(C(=O)NNc1nccc(C(F)(F)F)n1)C1CCCCCC1. The maximum absolute atomic E-state index is 12.9. The number of amides is 5. The number of carbonyl (C=O) groups is 5. The summed E-state index contributed by atoms with van der Waals surface area (Å²) in [4.78, 5) is 66.3. The number of hydrogen-bond acceptors (Lipinski definition) is 11. The Kier molecular flexibility index (Phi) is 14.5. The molecule has 0 bridgehead atoms. The maximum Gasteiger partial charge on any atom is 0.433 e. The summed E-state index contributed by atoms with van der Waals surface area (Å²) in [6.45, 7) is 4.12. The molecule has 55 heavy (non-hydrogen) atoms. The first-order valence-corrected chi connectivity index (χ1v) is 17.9. The number of fused-ring (bicyclic) bond motifs is 1. The summed E-state index contributed by atoms with van der Waals surface area (Å²) in [6, 6.07) is 8.49. The second-order valence-corrected chi connectivity index (χ2v) is 14.5. The van der Waals surface area contributed by atoms with Gasteiger partial charge in [0.2, 0.25) is 24.7 Å². The third-order valence-corrected chi connectivity index (χ3v) is 10.0. The molecule has 1 aromatic carbocycles. The lowest BCUT2D eigenvalue weighted by atomic mass is 9.64. The van der Waals surface area contributed by atoms with Crippen molar-refractivity contribution in [3.05, 3.63) is 54.0 Å². The topological polar surface area (TPSA) is 219 Å².